The van der Waals surface area contributed by atoms with Crippen LogP contribution in [0.25, 0.3) is 0 Å². The van der Waals surface area contributed by atoms with Gasteiger partial charge in [-0.05, 0) is 76.1 Å². The Balaban J connectivity index is 1.95. The van der Waals surface area contributed by atoms with Gasteiger partial charge in [-0.1, -0.05) is 17.7 Å². The van der Waals surface area contributed by atoms with Crippen molar-refractivity contribution in [3.63, 3.8) is 0 Å². The third-order valence-corrected chi connectivity index (χ3v) is 5.98. The second-order valence-electron chi connectivity index (χ2n) is 7.46. The third-order valence-electron chi connectivity index (χ3n) is 4.44. The quantitative estimate of drug-likeness (QED) is 0.436. The molecule has 0 aliphatic heterocycles. The van der Waals surface area contributed by atoms with E-state index in [0.717, 1.165) is 21.8 Å². The third kappa shape index (κ3) is 7.11. The van der Waals surface area contributed by atoms with Crippen LogP contribution in [0.4, 0.5) is 0 Å². The lowest BCUT2D eigenvalue weighted by Crippen LogP contribution is -2.38. The van der Waals surface area contributed by atoms with Crippen LogP contribution in [0.1, 0.15) is 31.9 Å². The molecule has 0 aromatic heterocycles. The van der Waals surface area contributed by atoms with Crippen LogP contribution in [0, 0.1) is 13.8 Å². The number of ether oxygens (including phenoxy) is 3. The van der Waals surface area contributed by atoms with E-state index in [1.807, 2.05) is 57.2 Å². The van der Waals surface area contributed by atoms with Gasteiger partial charge >= 0.3 is 5.97 Å². The average molecular weight is 453 g/mol. The highest BCUT2D eigenvalue weighted by molar-refractivity contribution is 7.99. The Kier molecular flexibility index (Phi) is 8.89. The Hall–Kier alpha value is -1.89. The molecular formula is C23H29ClO5S. The number of carboxylic acid groups (broad SMARTS) is 1. The van der Waals surface area contributed by atoms with Crippen LogP contribution in [0.3, 0.4) is 0 Å². The zero-order valence-corrected chi connectivity index (χ0v) is 19.6. The molecule has 0 saturated carbocycles. The van der Waals surface area contributed by atoms with E-state index in [2.05, 4.69) is 0 Å². The summed E-state index contributed by atoms with van der Waals surface area (Å²) >= 11 is 7.81. The highest BCUT2D eigenvalue weighted by Crippen LogP contribution is 2.29. The van der Waals surface area contributed by atoms with E-state index in [0.29, 0.717) is 29.7 Å². The first kappa shape index (κ1) is 24.4. The summed E-state index contributed by atoms with van der Waals surface area (Å²) in [5.74, 6) is 0.995. The van der Waals surface area contributed by atoms with Gasteiger partial charge in [0.05, 0.1) is 0 Å². The van der Waals surface area contributed by atoms with Gasteiger partial charge < -0.3 is 19.3 Å². The molecule has 7 heteroatoms. The van der Waals surface area contributed by atoms with E-state index in [1.165, 1.54) is 13.8 Å². The molecule has 2 aromatic rings. The molecule has 1 N–H and O–H groups in total. The number of rotatable bonds is 11. The molecule has 30 heavy (non-hydrogen) atoms. The standard InChI is InChI=1S/C23H29ClO5S/c1-6-27-18(13-28-17-8-7-15(2)20(24)12-17)14-30-19-9-10-21(16(3)11-19)29-23(4,5)22(25)26/h7-12,18H,6,13-14H2,1-5H3,(H,25,26). The highest BCUT2D eigenvalue weighted by atomic mass is 35.5. The highest BCUT2D eigenvalue weighted by Gasteiger charge is 2.29. The first-order chi connectivity index (χ1) is 14.1. The van der Waals surface area contributed by atoms with E-state index in [-0.39, 0.29) is 6.10 Å². The lowest BCUT2D eigenvalue weighted by Gasteiger charge is -2.23. The number of halogens is 1. The Labute approximate surface area is 187 Å². The normalized spacial score (nSPS) is 12.5. The van der Waals surface area contributed by atoms with Crippen LogP contribution in [-0.2, 0) is 9.53 Å². The second kappa shape index (κ2) is 10.9. The van der Waals surface area contributed by atoms with E-state index < -0.39 is 11.6 Å². The predicted octanol–water partition coefficient (Wildman–Crippen LogP) is 5.78. The molecule has 0 spiro atoms. The summed E-state index contributed by atoms with van der Waals surface area (Å²) < 4.78 is 17.3. The molecule has 0 saturated heterocycles. The Morgan fingerprint density at radius 3 is 2.50 bits per heavy atom. The minimum absolute atomic E-state index is 0.0812. The Morgan fingerprint density at radius 2 is 1.90 bits per heavy atom. The van der Waals surface area contributed by atoms with Crippen molar-refractivity contribution in [1.82, 2.24) is 0 Å². The maximum Gasteiger partial charge on any atom is 0.347 e. The lowest BCUT2D eigenvalue weighted by molar-refractivity contribution is -0.152. The Morgan fingerprint density at radius 1 is 1.17 bits per heavy atom. The maximum atomic E-state index is 11.3. The number of hydrogen-bond acceptors (Lipinski definition) is 5. The van der Waals surface area contributed by atoms with Crippen LogP contribution >= 0.6 is 23.4 Å². The van der Waals surface area contributed by atoms with Crippen molar-refractivity contribution in [3.05, 3.63) is 52.5 Å². The molecule has 1 unspecified atom stereocenters. The van der Waals surface area contributed by atoms with Crippen molar-refractivity contribution >= 4 is 29.3 Å². The fraction of sp³-hybridized carbons (Fsp3) is 0.435. The van der Waals surface area contributed by atoms with E-state index >= 15 is 0 Å². The number of aryl methyl sites for hydroxylation is 2. The molecular weight excluding hydrogens is 424 g/mol. The maximum absolute atomic E-state index is 11.3. The summed E-state index contributed by atoms with van der Waals surface area (Å²) in [6.07, 6.45) is -0.0812. The number of thioether (sulfide) groups is 1. The molecule has 2 aromatic carbocycles. The largest absolute Gasteiger partial charge is 0.491 e. The topological polar surface area (TPSA) is 65.0 Å². The van der Waals surface area contributed by atoms with Crippen molar-refractivity contribution < 1.29 is 24.1 Å². The summed E-state index contributed by atoms with van der Waals surface area (Å²) in [6.45, 7) is 9.90. The predicted molar refractivity (Wildman–Crippen MR) is 121 cm³/mol. The van der Waals surface area contributed by atoms with Gasteiger partial charge in [0.25, 0.3) is 0 Å². The molecule has 5 nitrogen and oxygen atoms in total. The first-order valence-electron chi connectivity index (χ1n) is 9.78. The summed E-state index contributed by atoms with van der Waals surface area (Å²) in [4.78, 5) is 12.3. The number of carbonyl (C=O) groups is 1. The van der Waals surface area contributed by atoms with Gasteiger partial charge in [-0.25, -0.2) is 4.79 Å². The van der Waals surface area contributed by atoms with Crippen molar-refractivity contribution in [2.24, 2.45) is 0 Å². The first-order valence-corrected chi connectivity index (χ1v) is 11.1. The van der Waals surface area contributed by atoms with Crippen LogP contribution < -0.4 is 9.47 Å². The summed E-state index contributed by atoms with van der Waals surface area (Å²) in [5, 5.41) is 9.92. The molecule has 0 radical (unpaired) electrons. The smallest absolute Gasteiger partial charge is 0.347 e. The SMILES string of the molecule is CCOC(COc1ccc(C)c(Cl)c1)CSc1ccc(OC(C)(C)C(=O)O)c(C)c1. The molecule has 0 fully saturated rings. The summed E-state index contributed by atoms with van der Waals surface area (Å²) in [7, 11) is 0. The van der Waals surface area contributed by atoms with E-state index in [1.54, 1.807) is 11.8 Å². The Bertz CT molecular complexity index is 869. The zero-order valence-electron chi connectivity index (χ0n) is 18.0. The van der Waals surface area contributed by atoms with Crippen LogP contribution in [-0.4, -0.2) is 41.7 Å². The minimum atomic E-state index is -1.28. The van der Waals surface area contributed by atoms with Crippen LogP contribution in [0.15, 0.2) is 41.3 Å². The number of carboxylic acids is 1. The van der Waals surface area contributed by atoms with E-state index in [9.17, 15) is 9.90 Å². The van der Waals surface area contributed by atoms with Gasteiger partial charge in [-0.15, -0.1) is 11.8 Å². The van der Waals surface area contributed by atoms with Crippen LogP contribution in [0.2, 0.25) is 5.02 Å². The summed E-state index contributed by atoms with van der Waals surface area (Å²) in [6, 6.07) is 11.4. The van der Waals surface area contributed by atoms with Crippen molar-refractivity contribution in [3.8, 4) is 11.5 Å². The van der Waals surface area contributed by atoms with Gasteiger partial charge in [0, 0.05) is 22.3 Å². The number of benzene rings is 2. The molecule has 2 rings (SSSR count). The van der Waals surface area contributed by atoms with Gasteiger partial charge in [-0.3, -0.25) is 0 Å². The molecule has 0 heterocycles. The lowest BCUT2D eigenvalue weighted by atomic mass is 10.1. The monoisotopic (exact) mass is 452 g/mol. The fourth-order valence-corrected chi connectivity index (χ4v) is 3.73. The van der Waals surface area contributed by atoms with Gasteiger partial charge in [0.15, 0.2) is 5.60 Å². The fourth-order valence-electron chi connectivity index (χ4n) is 2.57. The zero-order chi connectivity index (χ0) is 22.3. The van der Waals surface area contributed by atoms with Crippen molar-refractivity contribution in [1.29, 1.82) is 0 Å². The van der Waals surface area contributed by atoms with Crippen molar-refractivity contribution in [2.75, 3.05) is 19.0 Å². The molecule has 164 valence electrons. The van der Waals surface area contributed by atoms with Gasteiger partial charge in [0.1, 0.15) is 24.2 Å². The molecule has 1 atom stereocenters. The molecule has 0 amide bonds. The molecule has 0 aliphatic rings. The van der Waals surface area contributed by atoms with Crippen molar-refractivity contribution in [2.45, 2.75) is 51.2 Å². The number of aliphatic carboxylic acids is 1. The second-order valence-corrected chi connectivity index (χ2v) is 8.96. The summed E-state index contributed by atoms with van der Waals surface area (Å²) in [5.41, 5.74) is 0.610. The van der Waals surface area contributed by atoms with Gasteiger partial charge in [0.2, 0.25) is 0 Å². The van der Waals surface area contributed by atoms with Crippen LogP contribution in [0.5, 0.6) is 11.5 Å². The molecule has 0 aliphatic carbocycles. The minimum Gasteiger partial charge on any atom is -0.491 e. The van der Waals surface area contributed by atoms with E-state index in [4.69, 9.17) is 25.8 Å². The average Bonchev–Trinajstić information content (AvgIpc) is 2.68. The number of hydrogen-bond donors (Lipinski definition) is 1. The van der Waals surface area contributed by atoms with Gasteiger partial charge in [-0.2, -0.15) is 0 Å². The molecule has 0 bridgehead atoms.